The van der Waals surface area contributed by atoms with Gasteiger partial charge in [0, 0.05) is 0 Å². The van der Waals surface area contributed by atoms with Crippen molar-refractivity contribution < 1.29 is 14.8 Å². The van der Waals surface area contributed by atoms with Crippen LogP contribution in [0.1, 0.15) is 13.8 Å². The third-order valence-electron chi connectivity index (χ3n) is 0.427. The Labute approximate surface area is 64.4 Å². The first-order valence-electron chi connectivity index (χ1n) is 2.90. The standard InChI is InChI=1S/C4H14N4O3/c1-3(5,6)9-11-10-4(2,7)8/h5-8H2,1-2H3. The van der Waals surface area contributed by atoms with Gasteiger partial charge in [-0.1, -0.05) is 5.04 Å². The lowest BCUT2D eigenvalue weighted by molar-refractivity contribution is -0.566. The van der Waals surface area contributed by atoms with E-state index in [4.69, 9.17) is 22.9 Å². The minimum Gasteiger partial charge on any atom is -0.289 e. The summed E-state index contributed by atoms with van der Waals surface area (Å²) in [6.45, 7) is 2.72. The molecule has 11 heavy (non-hydrogen) atoms. The van der Waals surface area contributed by atoms with Crippen molar-refractivity contribution in [3.63, 3.8) is 0 Å². The highest BCUT2D eigenvalue weighted by molar-refractivity contribution is 4.49. The number of nitrogens with two attached hydrogens (primary N) is 4. The molecule has 0 saturated heterocycles. The molecule has 0 bridgehead atoms. The van der Waals surface area contributed by atoms with E-state index in [1.54, 1.807) is 0 Å². The Morgan fingerprint density at radius 3 is 1.27 bits per heavy atom. The molecule has 68 valence electrons. The monoisotopic (exact) mass is 166 g/mol. The quantitative estimate of drug-likeness (QED) is 0.217. The zero-order chi connectivity index (χ0) is 9.12. The average Bonchev–Trinajstić information content (AvgIpc) is 1.55. The molecule has 7 heteroatoms. The summed E-state index contributed by atoms with van der Waals surface area (Å²) in [4.78, 5) is 8.56. The molecule has 0 spiro atoms. The summed E-state index contributed by atoms with van der Waals surface area (Å²) in [5.74, 6) is -2.88. The van der Waals surface area contributed by atoms with Gasteiger partial charge >= 0.3 is 0 Å². The van der Waals surface area contributed by atoms with Crippen molar-refractivity contribution in [2.45, 2.75) is 25.5 Å². The molecule has 0 aliphatic rings. The Morgan fingerprint density at radius 2 is 1.09 bits per heavy atom. The summed E-state index contributed by atoms with van der Waals surface area (Å²) in [6, 6.07) is 0. The zero-order valence-electron chi connectivity index (χ0n) is 6.53. The topological polar surface area (TPSA) is 132 Å². The van der Waals surface area contributed by atoms with Gasteiger partial charge in [0.15, 0.2) is 0 Å². The first-order chi connectivity index (χ1) is 4.71. The van der Waals surface area contributed by atoms with Crippen LogP contribution in [0.15, 0.2) is 0 Å². The van der Waals surface area contributed by atoms with Gasteiger partial charge in [0.05, 0.1) is 0 Å². The van der Waals surface area contributed by atoms with Crippen LogP contribution >= 0.6 is 0 Å². The molecule has 0 atom stereocenters. The Hall–Kier alpha value is -0.280. The van der Waals surface area contributed by atoms with Crippen LogP contribution in [0, 0.1) is 0 Å². The lowest BCUT2D eigenvalue weighted by atomic mass is 10.6. The van der Waals surface area contributed by atoms with Crippen molar-refractivity contribution in [1.29, 1.82) is 0 Å². The maximum atomic E-state index is 5.13. The van der Waals surface area contributed by atoms with E-state index >= 15 is 0 Å². The van der Waals surface area contributed by atoms with Gasteiger partial charge in [0.25, 0.3) is 0 Å². The molecule has 0 amide bonds. The molecule has 0 aliphatic carbocycles. The molecule has 8 N–H and O–H groups in total. The second-order valence-corrected chi connectivity index (χ2v) is 2.60. The van der Waals surface area contributed by atoms with Gasteiger partial charge in [-0.15, -0.1) is 0 Å². The minimum atomic E-state index is -1.44. The predicted octanol–water partition coefficient (Wildman–Crippen LogP) is -1.95. The Morgan fingerprint density at radius 1 is 0.818 bits per heavy atom. The minimum absolute atomic E-state index is 1.36. The van der Waals surface area contributed by atoms with Crippen molar-refractivity contribution in [1.82, 2.24) is 0 Å². The van der Waals surface area contributed by atoms with Crippen LogP contribution in [-0.2, 0) is 14.8 Å². The average molecular weight is 166 g/mol. The summed E-state index contributed by atoms with van der Waals surface area (Å²) in [5.41, 5.74) is 20.5. The summed E-state index contributed by atoms with van der Waals surface area (Å²) >= 11 is 0. The zero-order valence-corrected chi connectivity index (χ0v) is 6.53. The second kappa shape index (κ2) is 3.41. The van der Waals surface area contributed by atoms with E-state index in [2.05, 4.69) is 14.8 Å². The fraction of sp³-hybridized carbons (Fsp3) is 1.00. The normalized spacial score (nSPS) is 13.6. The molecular formula is C4H14N4O3. The van der Waals surface area contributed by atoms with Crippen molar-refractivity contribution in [2.75, 3.05) is 0 Å². The van der Waals surface area contributed by atoms with Crippen molar-refractivity contribution in [3.05, 3.63) is 0 Å². The van der Waals surface area contributed by atoms with Crippen molar-refractivity contribution in [3.8, 4) is 0 Å². The fourth-order valence-corrected chi connectivity index (χ4v) is 0.164. The van der Waals surface area contributed by atoms with Gasteiger partial charge in [-0.2, -0.15) is 9.78 Å². The van der Waals surface area contributed by atoms with E-state index in [1.807, 2.05) is 0 Å². The second-order valence-electron chi connectivity index (χ2n) is 2.60. The molecule has 0 aromatic rings. The lowest BCUT2D eigenvalue weighted by Crippen LogP contribution is -2.52. The number of hydrogen-bond donors (Lipinski definition) is 4. The third-order valence-corrected chi connectivity index (χ3v) is 0.427. The molecule has 0 saturated carbocycles. The molecule has 7 nitrogen and oxygen atoms in total. The van der Waals surface area contributed by atoms with E-state index in [1.165, 1.54) is 13.8 Å². The fourth-order valence-electron chi connectivity index (χ4n) is 0.164. The molecule has 0 aromatic heterocycles. The Bertz CT molecular complexity index is 101. The van der Waals surface area contributed by atoms with Crippen LogP contribution in [0.25, 0.3) is 0 Å². The van der Waals surface area contributed by atoms with Crippen LogP contribution in [0.5, 0.6) is 0 Å². The SMILES string of the molecule is CC(N)(N)OOOC(C)(N)N. The molecule has 0 rings (SSSR count). The van der Waals surface area contributed by atoms with Crippen LogP contribution < -0.4 is 22.9 Å². The van der Waals surface area contributed by atoms with Crippen LogP contribution in [-0.4, -0.2) is 11.7 Å². The highest BCUT2D eigenvalue weighted by atomic mass is 17.5. The molecular weight excluding hydrogens is 152 g/mol. The number of rotatable bonds is 4. The Kier molecular flexibility index (Phi) is 3.32. The van der Waals surface area contributed by atoms with Gasteiger partial charge in [-0.3, -0.25) is 22.9 Å². The third kappa shape index (κ3) is 9.72. The van der Waals surface area contributed by atoms with Gasteiger partial charge in [-0.25, -0.2) is 0 Å². The maximum Gasteiger partial charge on any atom is 0.203 e. The lowest BCUT2D eigenvalue weighted by Gasteiger charge is -2.20. The summed E-state index contributed by atoms with van der Waals surface area (Å²) in [5, 5.41) is 4.06. The van der Waals surface area contributed by atoms with Crippen LogP contribution in [0.2, 0.25) is 0 Å². The van der Waals surface area contributed by atoms with E-state index in [0.29, 0.717) is 0 Å². The largest absolute Gasteiger partial charge is 0.289 e. The van der Waals surface area contributed by atoms with Gasteiger partial charge in [0.1, 0.15) is 0 Å². The molecule has 0 radical (unpaired) electrons. The van der Waals surface area contributed by atoms with E-state index in [9.17, 15) is 0 Å². The van der Waals surface area contributed by atoms with Gasteiger partial charge in [-0.05, 0) is 13.8 Å². The van der Waals surface area contributed by atoms with Gasteiger partial charge in [0.2, 0.25) is 11.7 Å². The van der Waals surface area contributed by atoms with E-state index < -0.39 is 11.7 Å². The summed E-state index contributed by atoms with van der Waals surface area (Å²) < 4.78 is 0. The number of hydrogen-bond acceptors (Lipinski definition) is 7. The smallest absolute Gasteiger partial charge is 0.203 e. The Balaban J connectivity index is 3.44. The first kappa shape index (κ1) is 10.7. The molecule has 0 aromatic carbocycles. The molecule has 0 unspecified atom stereocenters. The first-order valence-corrected chi connectivity index (χ1v) is 2.90. The van der Waals surface area contributed by atoms with Crippen molar-refractivity contribution >= 4 is 0 Å². The molecule has 0 heterocycles. The summed E-state index contributed by atoms with van der Waals surface area (Å²) in [6.07, 6.45) is 0. The van der Waals surface area contributed by atoms with Crippen molar-refractivity contribution in [2.24, 2.45) is 22.9 Å². The highest BCUT2D eigenvalue weighted by Crippen LogP contribution is 1.97. The predicted molar refractivity (Wildman–Crippen MR) is 36.8 cm³/mol. The van der Waals surface area contributed by atoms with E-state index in [-0.39, 0.29) is 0 Å². The summed E-state index contributed by atoms with van der Waals surface area (Å²) in [7, 11) is 0. The molecule has 0 fully saturated rings. The van der Waals surface area contributed by atoms with Crippen LogP contribution in [0.3, 0.4) is 0 Å². The highest BCUT2D eigenvalue weighted by Gasteiger charge is 2.18. The van der Waals surface area contributed by atoms with Crippen LogP contribution in [0.4, 0.5) is 0 Å². The maximum absolute atomic E-state index is 5.13. The van der Waals surface area contributed by atoms with E-state index in [0.717, 1.165) is 0 Å². The van der Waals surface area contributed by atoms with Gasteiger partial charge < -0.3 is 0 Å². The molecule has 0 aliphatic heterocycles.